The lowest BCUT2D eigenvalue weighted by molar-refractivity contribution is 0.251. The van der Waals surface area contributed by atoms with Gasteiger partial charge in [-0.05, 0) is 6.42 Å². The third-order valence-corrected chi connectivity index (χ3v) is 4.08. The average Bonchev–Trinajstić information content (AvgIpc) is 2.71. The van der Waals surface area contributed by atoms with E-state index in [0.29, 0.717) is 11.9 Å². The maximum absolute atomic E-state index is 12.0. The Hall–Kier alpha value is -2.03. The zero-order valence-corrected chi connectivity index (χ0v) is 10.5. The number of hydrogen-bond acceptors (Lipinski definition) is 6. The molecule has 0 saturated heterocycles. The summed E-state index contributed by atoms with van der Waals surface area (Å²) in [6, 6.07) is -0.700. The number of imidazole rings is 1. The van der Waals surface area contributed by atoms with Gasteiger partial charge < -0.3 is 5.73 Å². The highest BCUT2D eigenvalue weighted by Gasteiger charge is 2.16. The van der Waals surface area contributed by atoms with Crippen LogP contribution < -0.4 is 5.73 Å². The monoisotopic (exact) mass is 268 g/mol. The second kappa shape index (κ2) is 4.33. The van der Waals surface area contributed by atoms with Crippen molar-refractivity contribution in [3.05, 3.63) is 12.5 Å². The molecule has 0 saturated carbocycles. The molecule has 1 amide bonds. The number of nitrogens with zero attached hydrogens (tertiary/aromatic N) is 4. The first-order valence-corrected chi connectivity index (χ1v) is 6.95. The molecule has 0 radical (unpaired) electrons. The van der Waals surface area contributed by atoms with E-state index in [1.165, 1.54) is 12.5 Å². The topological polar surface area (TPSA) is 128 Å². The Bertz CT molecular complexity index is 705. The maximum atomic E-state index is 12.0. The first kappa shape index (κ1) is 12.4. The van der Waals surface area contributed by atoms with Crippen molar-refractivity contribution in [2.45, 2.75) is 18.5 Å². The number of amides is 1. The zero-order chi connectivity index (χ0) is 13.3. The minimum atomic E-state index is -3.00. The fraction of sp³-hybridized carbons (Fsp3) is 0.333. The van der Waals surface area contributed by atoms with E-state index in [4.69, 9.17) is 10.5 Å². The van der Waals surface area contributed by atoms with E-state index in [1.54, 1.807) is 0 Å². The van der Waals surface area contributed by atoms with Crippen molar-refractivity contribution in [3.63, 3.8) is 0 Å². The molecule has 0 aliphatic heterocycles. The van der Waals surface area contributed by atoms with E-state index in [1.807, 2.05) is 6.92 Å². The lowest BCUT2D eigenvalue weighted by Crippen LogP contribution is -2.18. The molecule has 18 heavy (non-hydrogen) atoms. The summed E-state index contributed by atoms with van der Waals surface area (Å²) in [5.41, 5.74) is 5.67. The number of primary amides is 1. The van der Waals surface area contributed by atoms with Crippen molar-refractivity contribution in [3.8, 4) is 0 Å². The van der Waals surface area contributed by atoms with Gasteiger partial charge in [0.1, 0.15) is 21.6 Å². The normalized spacial score (nSPS) is 14.5. The summed E-state index contributed by atoms with van der Waals surface area (Å²) < 4.78 is 20.8. The predicted octanol–water partition coefficient (Wildman–Crippen LogP) is 0.569. The van der Waals surface area contributed by atoms with Crippen molar-refractivity contribution in [1.29, 1.82) is 4.78 Å². The van der Waals surface area contributed by atoms with Gasteiger partial charge in [0.25, 0.3) is 0 Å². The summed E-state index contributed by atoms with van der Waals surface area (Å²) in [5.74, 6) is 0.190. The largest absolute Gasteiger partial charge is 0.351 e. The zero-order valence-electron chi connectivity index (χ0n) is 9.66. The molecular formula is C9H12N6O2S. The molecule has 8 nitrogen and oxygen atoms in total. The van der Waals surface area contributed by atoms with Crippen molar-refractivity contribution in [2.24, 2.45) is 5.73 Å². The minimum Gasteiger partial charge on any atom is -0.351 e. The van der Waals surface area contributed by atoms with Crippen molar-refractivity contribution in [1.82, 2.24) is 19.5 Å². The standard InChI is InChI=1S/C9H12N6O2S/c1-2-3-18(11,17)9-12-4-6-7(14-9)13-5-15(6)8(10)16/h4-5,11H,2-3H2,1H3,(H2,10,16). The van der Waals surface area contributed by atoms with Gasteiger partial charge in [0.2, 0.25) is 5.16 Å². The highest BCUT2D eigenvalue weighted by atomic mass is 32.2. The summed E-state index contributed by atoms with van der Waals surface area (Å²) >= 11 is 0. The van der Waals surface area contributed by atoms with E-state index in [2.05, 4.69) is 15.0 Å². The van der Waals surface area contributed by atoms with Gasteiger partial charge in [-0.2, -0.15) is 4.98 Å². The third kappa shape index (κ3) is 2.04. The van der Waals surface area contributed by atoms with Gasteiger partial charge >= 0.3 is 6.03 Å². The summed E-state index contributed by atoms with van der Waals surface area (Å²) in [6.45, 7) is 1.83. The molecular weight excluding hydrogens is 256 g/mol. The molecule has 0 aromatic carbocycles. The van der Waals surface area contributed by atoms with E-state index in [-0.39, 0.29) is 16.6 Å². The number of rotatable bonds is 3. The molecule has 0 fully saturated rings. The maximum Gasteiger partial charge on any atom is 0.324 e. The van der Waals surface area contributed by atoms with Crippen LogP contribution in [0.2, 0.25) is 0 Å². The summed E-state index contributed by atoms with van der Waals surface area (Å²) in [5, 5.41) is -0.0634. The second-order valence-electron chi connectivity index (χ2n) is 3.69. The molecule has 0 aliphatic carbocycles. The highest BCUT2D eigenvalue weighted by molar-refractivity contribution is 7.92. The predicted molar refractivity (Wildman–Crippen MR) is 64.6 cm³/mol. The summed E-state index contributed by atoms with van der Waals surface area (Å²) in [4.78, 5) is 22.8. The van der Waals surface area contributed by atoms with E-state index >= 15 is 0 Å². The molecule has 3 N–H and O–H groups in total. The number of carbonyl (C=O) groups is 1. The van der Waals surface area contributed by atoms with Gasteiger partial charge in [-0.3, -0.25) is 0 Å². The van der Waals surface area contributed by atoms with Gasteiger partial charge in [-0.15, -0.1) is 0 Å². The second-order valence-corrected chi connectivity index (χ2v) is 5.82. The number of fused-ring (bicyclic) bond motifs is 1. The molecule has 0 aliphatic rings. The Kier molecular flexibility index (Phi) is 2.99. The average molecular weight is 268 g/mol. The number of nitrogens with one attached hydrogen (secondary N) is 1. The lowest BCUT2D eigenvalue weighted by Gasteiger charge is -2.03. The van der Waals surface area contributed by atoms with Gasteiger partial charge in [0.15, 0.2) is 5.65 Å². The van der Waals surface area contributed by atoms with Crippen molar-refractivity contribution >= 4 is 26.9 Å². The Morgan fingerprint density at radius 3 is 2.89 bits per heavy atom. The number of hydrogen-bond donors (Lipinski definition) is 2. The third-order valence-electron chi connectivity index (χ3n) is 2.31. The molecule has 1 unspecified atom stereocenters. The number of aromatic nitrogens is 4. The fourth-order valence-corrected chi connectivity index (χ4v) is 2.72. The molecule has 2 heterocycles. The molecule has 96 valence electrons. The smallest absolute Gasteiger partial charge is 0.324 e. The fourth-order valence-electron chi connectivity index (χ4n) is 1.50. The van der Waals surface area contributed by atoms with Crippen LogP contribution in [0.4, 0.5) is 4.79 Å². The summed E-state index contributed by atoms with van der Waals surface area (Å²) in [6.07, 6.45) is 3.12. The van der Waals surface area contributed by atoms with Crippen LogP contribution in [0.15, 0.2) is 17.7 Å². The van der Waals surface area contributed by atoms with Gasteiger partial charge in [-0.25, -0.2) is 28.3 Å². The van der Waals surface area contributed by atoms with Gasteiger partial charge in [-0.1, -0.05) is 6.92 Å². The first-order valence-electron chi connectivity index (χ1n) is 5.22. The van der Waals surface area contributed by atoms with E-state index in [0.717, 1.165) is 4.57 Å². The van der Waals surface area contributed by atoms with Crippen molar-refractivity contribution < 1.29 is 9.00 Å². The molecule has 0 bridgehead atoms. The highest BCUT2D eigenvalue weighted by Crippen LogP contribution is 2.13. The number of carbonyl (C=O) groups excluding carboxylic acids is 1. The van der Waals surface area contributed by atoms with Crippen LogP contribution in [0.25, 0.3) is 11.2 Å². The lowest BCUT2D eigenvalue weighted by atomic mass is 10.5. The van der Waals surface area contributed by atoms with Crippen LogP contribution in [0.5, 0.6) is 0 Å². The van der Waals surface area contributed by atoms with Crippen LogP contribution in [0, 0.1) is 4.78 Å². The van der Waals surface area contributed by atoms with Crippen LogP contribution >= 0.6 is 0 Å². The Morgan fingerprint density at radius 1 is 1.56 bits per heavy atom. The molecule has 1 atom stereocenters. The van der Waals surface area contributed by atoms with E-state index < -0.39 is 15.8 Å². The van der Waals surface area contributed by atoms with Gasteiger partial charge in [0.05, 0.1) is 6.20 Å². The van der Waals surface area contributed by atoms with Crippen LogP contribution in [-0.2, 0) is 9.73 Å². The van der Waals surface area contributed by atoms with Gasteiger partial charge in [0, 0.05) is 5.75 Å². The van der Waals surface area contributed by atoms with Crippen LogP contribution in [0.1, 0.15) is 13.3 Å². The molecule has 2 aromatic rings. The molecule has 2 rings (SSSR count). The number of nitrogens with two attached hydrogens (primary N) is 1. The quantitative estimate of drug-likeness (QED) is 0.786. The van der Waals surface area contributed by atoms with Crippen LogP contribution in [-0.4, -0.2) is 35.5 Å². The van der Waals surface area contributed by atoms with Crippen molar-refractivity contribution in [2.75, 3.05) is 5.75 Å². The Morgan fingerprint density at radius 2 is 2.28 bits per heavy atom. The molecule has 2 aromatic heterocycles. The minimum absolute atomic E-state index is 0.0634. The van der Waals surface area contributed by atoms with Crippen LogP contribution in [0.3, 0.4) is 0 Å². The summed E-state index contributed by atoms with van der Waals surface area (Å²) in [7, 11) is -3.00. The molecule has 0 spiro atoms. The first-order chi connectivity index (χ1) is 8.45. The molecule has 9 heteroatoms. The van der Waals surface area contributed by atoms with E-state index in [9.17, 15) is 9.00 Å². The Balaban J connectivity index is 2.56. The SMILES string of the molecule is CCCS(=N)(=O)c1ncc2c(ncn2C(N)=O)n1. The Labute approximate surface area is 103 Å².